The Balaban J connectivity index is 1.76. The van der Waals surface area contributed by atoms with Crippen LogP contribution in [0.1, 0.15) is 42.6 Å². The molecule has 3 rings (SSSR count). The second kappa shape index (κ2) is 6.53. The molecular weight excluding hydrogens is 306 g/mol. The molecule has 2 aliphatic rings. The summed E-state index contributed by atoms with van der Waals surface area (Å²) in [5.41, 5.74) is 0.352. The molecule has 21 heavy (non-hydrogen) atoms. The van der Waals surface area contributed by atoms with Crippen LogP contribution in [0.4, 0.5) is 0 Å². The number of halogens is 1. The molecule has 2 atom stereocenters. The van der Waals surface area contributed by atoms with Gasteiger partial charge in [0.25, 0.3) is 5.91 Å². The van der Waals surface area contributed by atoms with Crippen molar-refractivity contribution in [1.29, 1.82) is 0 Å². The zero-order valence-electron chi connectivity index (χ0n) is 12.2. The largest absolute Gasteiger partial charge is 0.337 e. The van der Waals surface area contributed by atoms with Crippen LogP contribution in [-0.4, -0.2) is 40.1 Å². The number of hydrogen-bond acceptors (Lipinski definition) is 4. The van der Waals surface area contributed by atoms with Crippen molar-refractivity contribution in [3.8, 4) is 0 Å². The molecule has 2 fully saturated rings. The number of aromatic nitrogens is 2. The average Bonchev–Trinajstić information content (AvgIpc) is 2.54. The van der Waals surface area contributed by atoms with Gasteiger partial charge in [-0.3, -0.25) is 4.79 Å². The number of fused-ring (bicyclic) bond motifs is 1. The average molecular weight is 326 g/mol. The molecule has 1 aromatic heterocycles. The maximum absolute atomic E-state index is 12.7. The number of likely N-dealkylation sites (tertiary alicyclic amines) is 1. The summed E-state index contributed by atoms with van der Waals surface area (Å²) in [6.45, 7) is 1.69. The minimum Gasteiger partial charge on any atom is -0.337 e. The monoisotopic (exact) mass is 325 g/mol. The molecule has 2 unspecified atom stereocenters. The second-order valence-corrected chi connectivity index (χ2v) is 7.08. The number of hydrogen-bond donors (Lipinski definition) is 0. The first-order chi connectivity index (χ1) is 10.2. The Kier molecular flexibility index (Phi) is 4.69. The maximum atomic E-state index is 12.7. The van der Waals surface area contributed by atoms with Crippen LogP contribution >= 0.6 is 23.4 Å². The van der Waals surface area contributed by atoms with Gasteiger partial charge in [-0.25, -0.2) is 9.97 Å². The van der Waals surface area contributed by atoms with Crippen molar-refractivity contribution >= 4 is 29.3 Å². The Bertz CT molecular complexity index is 540. The van der Waals surface area contributed by atoms with Crippen LogP contribution in [0.3, 0.4) is 0 Å². The zero-order chi connectivity index (χ0) is 14.8. The van der Waals surface area contributed by atoms with E-state index in [0.29, 0.717) is 21.8 Å². The third kappa shape index (κ3) is 3.19. The van der Waals surface area contributed by atoms with E-state index in [1.165, 1.54) is 43.6 Å². The van der Waals surface area contributed by atoms with E-state index in [1.54, 1.807) is 0 Å². The number of carbonyl (C=O) groups is 1. The van der Waals surface area contributed by atoms with Gasteiger partial charge < -0.3 is 4.90 Å². The van der Waals surface area contributed by atoms with E-state index in [0.717, 1.165) is 25.4 Å². The first kappa shape index (κ1) is 15.1. The molecule has 6 heteroatoms. The maximum Gasteiger partial charge on any atom is 0.274 e. The first-order valence-electron chi connectivity index (χ1n) is 7.55. The third-order valence-corrected chi connectivity index (χ3v) is 5.52. The molecular formula is C15H20ClN3OS. The van der Waals surface area contributed by atoms with E-state index < -0.39 is 0 Å². The van der Waals surface area contributed by atoms with Crippen molar-refractivity contribution in [2.45, 2.75) is 37.3 Å². The van der Waals surface area contributed by atoms with Gasteiger partial charge >= 0.3 is 0 Å². The predicted molar refractivity (Wildman–Crippen MR) is 84.8 cm³/mol. The van der Waals surface area contributed by atoms with Gasteiger partial charge in [0.05, 0.1) is 11.2 Å². The van der Waals surface area contributed by atoms with Gasteiger partial charge in [0, 0.05) is 13.1 Å². The minimum absolute atomic E-state index is 0.0401. The molecule has 4 nitrogen and oxygen atoms in total. The van der Waals surface area contributed by atoms with Gasteiger partial charge in [-0.15, -0.1) is 0 Å². The molecule has 1 aromatic rings. The lowest BCUT2D eigenvalue weighted by molar-refractivity contribution is 0.0514. The Morgan fingerprint density at radius 2 is 2.10 bits per heavy atom. The van der Waals surface area contributed by atoms with Gasteiger partial charge in [-0.05, 0) is 30.9 Å². The summed E-state index contributed by atoms with van der Waals surface area (Å²) in [5.74, 6) is 1.43. The number of thioether (sulfide) groups is 1. The lowest BCUT2D eigenvalue weighted by atomic mass is 9.75. The predicted octanol–water partition coefficient (Wildman–Crippen LogP) is 3.50. The quantitative estimate of drug-likeness (QED) is 0.616. The molecule has 2 heterocycles. The summed E-state index contributed by atoms with van der Waals surface area (Å²) < 4.78 is 0. The summed E-state index contributed by atoms with van der Waals surface area (Å²) in [7, 11) is 0. The molecule has 1 aliphatic carbocycles. The van der Waals surface area contributed by atoms with Crippen molar-refractivity contribution in [3.05, 3.63) is 16.9 Å². The van der Waals surface area contributed by atoms with Gasteiger partial charge in [-0.2, -0.15) is 0 Å². The van der Waals surface area contributed by atoms with E-state index in [4.69, 9.17) is 11.6 Å². The molecule has 0 bridgehead atoms. The van der Waals surface area contributed by atoms with Crippen LogP contribution in [0.25, 0.3) is 0 Å². The Morgan fingerprint density at radius 3 is 2.86 bits per heavy atom. The Labute approximate surface area is 134 Å². The van der Waals surface area contributed by atoms with Gasteiger partial charge in [0.15, 0.2) is 10.9 Å². The number of rotatable bonds is 2. The fourth-order valence-corrected chi connectivity index (χ4v) is 4.05. The summed E-state index contributed by atoms with van der Waals surface area (Å²) in [5, 5.41) is 0.943. The summed E-state index contributed by atoms with van der Waals surface area (Å²) in [4.78, 5) is 23.0. The fourth-order valence-electron chi connectivity index (χ4n) is 3.53. The highest BCUT2D eigenvalue weighted by Crippen LogP contribution is 2.36. The molecule has 1 saturated carbocycles. The Morgan fingerprint density at radius 1 is 1.33 bits per heavy atom. The van der Waals surface area contributed by atoms with E-state index in [1.807, 2.05) is 11.2 Å². The normalized spacial score (nSPS) is 25.5. The van der Waals surface area contributed by atoms with Crippen molar-refractivity contribution in [3.63, 3.8) is 0 Å². The minimum atomic E-state index is -0.0401. The van der Waals surface area contributed by atoms with Crippen LogP contribution in [0.2, 0.25) is 5.02 Å². The lowest BCUT2D eigenvalue weighted by Gasteiger charge is -2.41. The van der Waals surface area contributed by atoms with Crippen molar-refractivity contribution in [2.24, 2.45) is 11.8 Å². The van der Waals surface area contributed by atoms with Crippen molar-refractivity contribution < 1.29 is 4.79 Å². The molecule has 1 saturated heterocycles. The Hall–Kier alpha value is -0.810. The van der Waals surface area contributed by atoms with Crippen LogP contribution in [0.5, 0.6) is 0 Å². The van der Waals surface area contributed by atoms with E-state index in [9.17, 15) is 4.79 Å². The number of amides is 1. The van der Waals surface area contributed by atoms with E-state index >= 15 is 0 Å². The van der Waals surface area contributed by atoms with Gasteiger partial charge in [-0.1, -0.05) is 42.6 Å². The van der Waals surface area contributed by atoms with E-state index in [-0.39, 0.29) is 5.91 Å². The standard InChI is InChI=1S/C15H20ClN3OS/c1-21-15-17-8-12(16)13(18-15)14(20)19-7-6-10-4-2-3-5-11(10)9-19/h8,10-11H,2-7,9H2,1H3. The molecule has 114 valence electrons. The van der Waals surface area contributed by atoms with E-state index in [2.05, 4.69) is 9.97 Å². The second-order valence-electron chi connectivity index (χ2n) is 5.90. The SMILES string of the molecule is CSc1ncc(Cl)c(C(=O)N2CCC3CCCCC3C2)n1. The number of nitrogens with zero attached hydrogens (tertiary/aromatic N) is 3. The van der Waals surface area contributed by atoms with Crippen LogP contribution in [0.15, 0.2) is 11.4 Å². The van der Waals surface area contributed by atoms with Crippen molar-refractivity contribution in [1.82, 2.24) is 14.9 Å². The number of piperidine rings is 1. The molecule has 1 amide bonds. The zero-order valence-corrected chi connectivity index (χ0v) is 13.8. The highest BCUT2D eigenvalue weighted by Gasteiger charge is 2.34. The summed E-state index contributed by atoms with van der Waals surface area (Å²) in [6.07, 6.45) is 9.78. The lowest BCUT2D eigenvalue weighted by Crippen LogP contribution is -2.45. The number of carbonyl (C=O) groups excluding carboxylic acids is 1. The molecule has 1 aliphatic heterocycles. The molecule has 0 radical (unpaired) electrons. The topological polar surface area (TPSA) is 46.1 Å². The highest BCUT2D eigenvalue weighted by atomic mass is 35.5. The summed E-state index contributed by atoms with van der Waals surface area (Å²) >= 11 is 7.55. The van der Waals surface area contributed by atoms with Crippen LogP contribution in [-0.2, 0) is 0 Å². The van der Waals surface area contributed by atoms with Gasteiger partial charge in [0.1, 0.15) is 0 Å². The van der Waals surface area contributed by atoms with Crippen LogP contribution < -0.4 is 0 Å². The smallest absolute Gasteiger partial charge is 0.274 e. The van der Waals surface area contributed by atoms with Crippen LogP contribution in [0, 0.1) is 11.8 Å². The molecule has 0 spiro atoms. The third-order valence-electron chi connectivity index (χ3n) is 4.69. The first-order valence-corrected chi connectivity index (χ1v) is 9.15. The summed E-state index contributed by atoms with van der Waals surface area (Å²) in [6, 6.07) is 0. The molecule has 0 N–H and O–H groups in total. The fraction of sp³-hybridized carbons (Fsp3) is 0.667. The highest BCUT2D eigenvalue weighted by molar-refractivity contribution is 7.98. The van der Waals surface area contributed by atoms with Crippen molar-refractivity contribution in [2.75, 3.05) is 19.3 Å². The molecule has 0 aromatic carbocycles. The van der Waals surface area contributed by atoms with Gasteiger partial charge in [0.2, 0.25) is 0 Å².